The van der Waals surface area contributed by atoms with Gasteiger partial charge in [-0.1, -0.05) is 32.0 Å². The maximum atomic E-state index is 12.8. The fraction of sp³-hybridized carbons (Fsp3) is 0.417. The van der Waals surface area contributed by atoms with E-state index in [1.807, 2.05) is 43.0 Å². The first kappa shape index (κ1) is 20.9. The summed E-state index contributed by atoms with van der Waals surface area (Å²) in [6.07, 6.45) is 2.03. The van der Waals surface area contributed by atoms with E-state index in [-0.39, 0.29) is 11.8 Å². The van der Waals surface area contributed by atoms with E-state index in [0.29, 0.717) is 29.3 Å². The molecule has 0 saturated carbocycles. The number of carbonyl (C=O) groups excluding carboxylic acids is 2. The molecule has 5 nitrogen and oxygen atoms in total. The van der Waals surface area contributed by atoms with Gasteiger partial charge in [-0.25, -0.2) is 0 Å². The molecule has 1 N–H and O–H groups in total. The maximum Gasteiger partial charge on any atom is 0.265 e. The number of carbonyl (C=O) groups is 2. The number of rotatable bonds is 6. The average molecular weight is 395 g/mol. The molecule has 1 aliphatic heterocycles. The smallest absolute Gasteiger partial charge is 0.265 e. The number of nitrogens with zero attached hydrogens (tertiary/aromatic N) is 1. The van der Waals surface area contributed by atoms with Gasteiger partial charge in [0, 0.05) is 24.3 Å². The minimum absolute atomic E-state index is 0.0241. The molecule has 1 heterocycles. The molecule has 0 spiro atoms. The third-order valence-corrected chi connectivity index (χ3v) is 5.38. The lowest BCUT2D eigenvalue weighted by Crippen LogP contribution is -2.38. The van der Waals surface area contributed by atoms with Crippen molar-refractivity contribution in [2.45, 2.75) is 46.1 Å². The van der Waals surface area contributed by atoms with Crippen molar-refractivity contribution in [1.29, 1.82) is 0 Å². The second-order valence-corrected chi connectivity index (χ2v) is 7.88. The van der Waals surface area contributed by atoms with Gasteiger partial charge in [0.2, 0.25) is 0 Å². The van der Waals surface area contributed by atoms with Gasteiger partial charge >= 0.3 is 0 Å². The van der Waals surface area contributed by atoms with Crippen LogP contribution in [0.1, 0.15) is 49.0 Å². The maximum absolute atomic E-state index is 12.8. The van der Waals surface area contributed by atoms with E-state index in [1.54, 1.807) is 24.3 Å². The van der Waals surface area contributed by atoms with Crippen molar-refractivity contribution in [1.82, 2.24) is 4.90 Å². The monoisotopic (exact) mass is 394 g/mol. The van der Waals surface area contributed by atoms with Gasteiger partial charge < -0.3 is 15.0 Å². The molecule has 0 radical (unpaired) electrons. The molecule has 0 aromatic heterocycles. The molecule has 1 fully saturated rings. The van der Waals surface area contributed by atoms with E-state index in [1.165, 1.54) is 0 Å². The Bertz CT molecular complexity index is 857. The molecule has 0 bridgehead atoms. The number of anilines is 1. The van der Waals surface area contributed by atoms with Crippen molar-refractivity contribution >= 4 is 17.5 Å². The zero-order chi connectivity index (χ0) is 20.8. The van der Waals surface area contributed by atoms with Gasteiger partial charge in [-0.05, 0) is 68.0 Å². The molecular weight excluding hydrogens is 364 g/mol. The van der Waals surface area contributed by atoms with Crippen LogP contribution in [-0.2, 0) is 4.79 Å². The highest BCUT2D eigenvalue weighted by Crippen LogP contribution is 2.20. The molecule has 154 valence electrons. The summed E-state index contributed by atoms with van der Waals surface area (Å²) in [5.74, 6) is 1.15. The predicted octanol–water partition coefficient (Wildman–Crippen LogP) is 4.66. The topological polar surface area (TPSA) is 58.6 Å². The van der Waals surface area contributed by atoms with Crippen LogP contribution in [0, 0.1) is 12.8 Å². The molecule has 2 aromatic rings. The van der Waals surface area contributed by atoms with Gasteiger partial charge in [0.25, 0.3) is 11.8 Å². The highest BCUT2D eigenvalue weighted by molar-refractivity contribution is 5.98. The van der Waals surface area contributed by atoms with Crippen LogP contribution >= 0.6 is 0 Å². The normalized spacial score (nSPS) is 15.6. The number of aryl methyl sites for hydroxylation is 1. The number of likely N-dealkylation sites (tertiary alicyclic amines) is 1. The van der Waals surface area contributed by atoms with Crippen LogP contribution in [0.5, 0.6) is 5.75 Å². The van der Waals surface area contributed by atoms with Gasteiger partial charge in [-0.3, -0.25) is 9.59 Å². The van der Waals surface area contributed by atoms with Crippen LogP contribution in [0.2, 0.25) is 0 Å². The minimum Gasteiger partial charge on any atom is -0.481 e. The van der Waals surface area contributed by atoms with Crippen molar-refractivity contribution in [3.05, 3.63) is 59.7 Å². The zero-order valence-corrected chi connectivity index (χ0v) is 17.5. The molecule has 1 unspecified atom stereocenters. The molecule has 29 heavy (non-hydrogen) atoms. The number of benzene rings is 2. The van der Waals surface area contributed by atoms with Crippen LogP contribution in [0.15, 0.2) is 48.5 Å². The summed E-state index contributed by atoms with van der Waals surface area (Å²) in [6.45, 7) is 7.70. The summed E-state index contributed by atoms with van der Waals surface area (Å²) in [7, 11) is 0. The van der Waals surface area contributed by atoms with Crippen molar-refractivity contribution in [3.8, 4) is 5.75 Å². The Balaban J connectivity index is 1.65. The summed E-state index contributed by atoms with van der Waals surface area (Å²) < 4.78 is 5.87. The van der Waals surface area contributed by atoms with E-state index < -0.39 is 6.10 Å². The fourth-order valence-electron chi connectivity index (χ4n) is 3.52. The van der Waals surface area contributed by atoms with Crippen LogP contribution < -0.4 is 10.1 Å². The Labute approximate surface area is 173 Å². The SMILES string of the molecule is CCC(Oc1cccc(C)c1)C(=O)Nc1cccc(C(=O)N2CCC(C)CC2)c1. The first-order valence-corrected chi connectivity index (χ1v) is 10.4. The van der Waals surface area contributed by atoms with Gasteiger partial charge in [0.15, 0.2) is 6.10 Å². The Morgan fingerprint density at radius 2 is 1.86 bits per heavy atom. The van der Waals surface area contributed by atoms with Gasteiger partial charge in [-0.2, -0.15) is 0 Å². The van der Waals surface area contributed by atoms with Crippen molar-refractivity contribution in [2.75, 3.05) is 18.4 Å². The molecule has 5 heteroatoms. The number of hydrogen-bond donors (Lipinski definition) is 1. The zero-order valence-electron chi connectivity index (χ0n) is 17.5. The predicted molar refractivity (Wildman–Crippen MR) is 115 cm³/mol. The third-order valence-electron chi connectivity index (χ3n) is 5.38. The van der Waals surface area contributed by atoms with E-state index in [0.717, 1.165) is 31.5 Å². The lowest BCUT2D eigenvalue weighted by atomic mass is 9.98. The number of amides is 2. The molecule has 1 atom stereocenters. The summed E-state index contributed by atoms with van der Waals surface area (Å²) in [4.78, 5) is 27.4. The average Bonchev–Trinajstić information content (AvgIpc) is 2.72. The minimum atomic E-state index is -0.597. The summed E-state index contributed by atoms with van der Waals surface area (Å²) in [5, 5.41) is 2.90. The molecule has 2 aromatic carbocycles. The molecule has 1 aliphatic rings. The largest absolute Gasteiger partial charge is 0.481 e. The van der Waals surface area contributed by atoms with E-state index in [9.17, 15) is 9.59 Å². The number of nitrogens with one attached hydrogen (secondary N) is 1. The van der Waals surface area contributed by atoms with Crippen LogP contribution in [-0.4, -0.2) is 35.9 Å². The molecule has 1 saturated heterocycles. The fourth-order valence-corrected chi connectivity index (χ4v) is 3.52. The van der Waals surface area contributed by atoms with Crippen molar-refractivity contribution < 1.29 is 14.3 Å². The summed E-state index contributed by atoms with van der Waals surface area (Å²) in [5.41, 5.74) is 2.29. The molecule has 2 amide bonds. The Kier molecular flexibility index (Phi) is 6.91. The second kappa shape index (κ2) is 9.59. The van der Waals surface area contributed by atoms with Gasteiger partial charge in [-0.15, -0.1) is 0 Å². The van der Waals surface area contributed by atoms with Crippen LogP contribution in [0.3, 0.4) is 0 Å². The standard InChI is InChI=1S/C24H30N2O3/c1-4-22(29-21-10-5-7-18(3)15-21)23(27)25-20-9-6-8-19(16-20)24(28)26-13-11-17(2)12-14-26/h5-10,15-17,22H,4,11-14H2,1-3H3,(H,25,27). The number of ether oxygens (including phenoxy) is 1. The van der Waals surface area contributed by atoms with Gasteiger partial charge in [0.05, 0.1) is 0 Å². The Morgan fingerprint density at radius 1 is 1.14 bits per heavy atom. The highest BCUT2D eigenvalue weighted by Gasteiger charge is 2.22. The summed E-state index contributed by atoms with van der Waals surface area (Å²) in [6, 6.07) is 14.8. The Morgan fingerprint density at radius 3 is 2.55 bits per heavy atom. The summed E-state index contributed by atoms with van der Waals surface area (Å²) >= 11 is 0. The first-order valence-electron chi connectivity index (χ1n) is 10.4. The lowest BCUT2D eigenvalue weighted by Gasteiger charge is -2.30. The highest BCUT2D eigenvalue weighted by atomic mass is 16.5. The van der Waals surface area contributed by atoms with E-state index in [2.05, 4.69) is 12.2 Å². The second-order valence-electron chi connectivity index (χ2n) is 7.88. The quantitative estimate of drug-likeness (QED) is 0.775. The molecular formula is C24H30N2O3. The number of hydrogen-bond acceptors (Lipinski definition) is 3. The lowest BCUT2D eigenvalue weighted by molar-refractivity contribution is -0.122. The van der Waals surface area contributed by atoms with Crippen LogP contribution in [0.25, 0.3) is 0 Å². The number of piperidine rings is 1. The molecule has 3 rings (SSSR count). The van der Waals surface area contributed by atoms with Crippen molar-refractivity contribution in [3.63, 3.8) is 0 Å². The Hall–Kier alpha value is -2.82. The van der Waals surface area contributed by atoms with Crippen molar-refractivity contribution in [2.24, 2.45) is 5.92 Å². The van der Waals surface area contributed by atoms with E-state index in [4.69, 9.17) is 4.74 Å². The third kappa shape index (κ3) is 5.59. The van der Waals surface area contributed by atoms with Crippen LogP contribution in [0.4, 0.5) is 5.69 Å². The van der Waals surface area contributed by atoms with Gasteiger partial charge in [0.1, 0.15) is 5.75 Å². The first-order chi connectivity index (χ1) is 14.0. The molecule has 0 aliphatic carbocycles. The van der Waals surface area contributed by atoms with E-state index >= 15 is 0 Å².